The van der Waals surface area contributed by atoms with Gasteiger partial charge in [0.2, 0.25) is 0 Å². The van der Waals surface area contributed by atoms with Gasteiger partial charge in [-0.05, 0) is 6.92 Å². The van der Waals surface area contributed by atoms with Crippen molar-refractivity contribution in [3.8, 4) is 0 Å². The molecule has 2 fully saturated rings. The molecule has 0 radical (unpaired) electrons. The highest BCUT2D eigenvalue weighted by Gasteiger charge is 2.60. The first-order valence-corrected chi connectivity index (χ1v) is 8.34. The molecule has 0 saturated carbocycles. The van der Waals surface area contributed by atoms with E-state index in [-0.39, 0.29) is 36.6 Å². The second-order valence-corrected chi connectivity index (χ2v) is 6.82. The van der Waals surface area contributed by atoms with Crippen molar-refractivity contribution in [2.45, 2.75) is 32.5 Å². The summed E-state index contributed by atoms with van der Waals surface area (Å²) >= 11 is 1.56. The van der Waals surface area contributed by atoms with Gasteiger partial charge >= 0.3 is 17.9 Å². The van der Waals surface area contributed by atoms with E-state index in [1.807, 2.05) is 6.92 Å². The lowest BCUT2D eigenvalue weighted by Crippen LogP contribution is -2.42. The van der Waals surface area contributed by atoms with Crippen LogP contribution in [0.4, 0.5) is 0 Å². The van der Waals surface area contributed by atoms with E-state index in [1.165, 1.54) is 0 Å². The summed E-state index contributed by atoms with van der Waals surface area (Å²) in [6, 6.07) is 0. The Bertz CT molecular complexity index is 480. The van der Waals surface area contributed by atoms with Gasteiger partial charge in [0.05, 0.1) is 18.8 Å². The van der Waals surface area contributed by atoms with Gasteiger partial charge in [-0.25, -0.2) is 4.79 Å². The molecule has 2 heterocycles. The third-order valence-electron chi connectivity index (χ3n) is 3.81. The topological polar surface area (TPSA) is 78.9 Å². The lowest BCUT2D eigenvalue weighted by atomic mass is 9.89. The molecule has 0 aromatic carbocycles. The largest absolute Gasteiger partial charge is 0.461 e. The van der Waals surface area contributed by atoms with Gasteiger partial charge in [-0.2, -0.15) is 11.8 Å². The summed E-state index contributed by atoms with van der Waals surface area (Å²) in [6.07, 6.45) is 0.466. The molecule has 122 valence electrons. The molecule has 0 aromatic rings. The molecule has 0 aromatic heterocycles. The van der Waals surface area contributed by atoms with Crippen molar-refractivity contribution in [3.63, 3.8) is 0 Å². The lowest BCUT2D eigenvalue weighted by Gasteiger charge is -2.31. The Morgan fingerprint density at radius 1 is 1.41 bits per heavy atom. The average molecular weight is 328 g/mol. The first-order chi connectivity index (χ1) is 10.3. The van der Waals surface area contributed by atoms with Crippen LogP contribution in [0, 0.1) is 11.8 Å². The molecule has 1 atom stereocenters. The number of rotatable bonds is 7. The van der Waals surface area contributed by atoms with Gasteiger partial charge in [0.25, 0.3) is 5.79 Å². The Kier molecular flexibility index (Phi) is 5.16. The summed E-state index contributed by atoms with van der Waals surface area (Å²) in [7, 11) is 0. The zero-order chi connectivity index (χ0) is 16.3. The number of hydrogen-bond donors (Lipinski definition) is 0. The van der Waals surface area contributed by atoms with Crippen LogP contribution in [-0.4, -0.2) is 41.8 Å². The van der Waals surface area contributed by atoms with E-state index in [1.54, 1.807) is 18.7 Å². The van der Waals surface area contributed by atoms with Crippen LogP contribution < -0.4 is 0 Å². The van der Waals surface area contributed by atoms with Crippen LogP contribution in [0.1, 0.15) is 26.7 Å². The molecular formula is C15H20O6S. The fourth-order valence-corrected chi connectivity index (χ4v) is 3.64. The van der Waals surface area contributed by atoms with E-state index >= 15 is 0 Å². The van der Waals surface area contributed by atoms with E-state index < -0.39 is 11.8 Å². The standard InChI is InChI=1S/C15H20O6S/c1-9(2)14(18)19-4-5-22-8-10(3)15-11(6-12(16)20-15)7-13(17)21-15/h10-11H,1,4-8H2,2-3H3. The molecule has 2 saturated heterocycles. The smallest absolute Gasteiger partial charge is 0.333 e. The van der Waals surface area contributed by atoms with Crippen molar-refractivity contribution in [3.05, 3.63) is 12.2 Å². The minimum Gasteiger partial charge on any atom is -0.461 e. The molecule has 1 unspecified atom stereocenters. The molecular weight excluding hydrogens is 308 g/mol. The van der Waals surface area contributed by atoms with Gasteiger partial charge in [-0.3, -0.25) is 9.59 Å². The first-order valence-electron chi connectivity index (χ1n) is 7.19. The molecule has 0 spiro atoms. The Morgan fingerprint density at radius 3 is 2.55 bits per heavy atom. The van der Waals surface area contributed by atoms with E-state index in [0.717, 1.165) is 0 Å². The zero-order valence-electron chi connectivity index (χ0n) is 12.8. The van der Waals surface area contributed by atoms with Crippen molar-refractivity contribution in [2.75, 3.05) is 18.1 Å². The lowest BCUT2D eigenvalue weighted by molar-refractivity contribution is -0.220. The van der Waals surface area contributed by atoms with Crippen LogP contribution >= 0.6 is 11.8 Å². The monoisotopic (exact) mass is 328 g/mol. The number of thioether (sulfide) groups is 1. The number of carbonyl (C=O) groups excluding carboxylic acids is 3. The van der Waals surface area contributed by atoms with Crippen LogP contribution in [0.15, 0.2) is 12.2 Å². The number of carbonyl (C=O) groups is 3. The highest BCUT2D eigenvalue weighted by Crippen LogP contribution is 2.47. The fourth-order valence-electron chi connectivity index (χ4n) is 2.68. The van der Waals surface area contributed by atoms with Gasteiger partial charge in [0.15, 0.2) is 0 Å². The number of fused-ring (bicyclic) bond motifs is 1. The quantitative estimate of drug-likeness (QED) is 0.400. The SMILES string of the molecule is C=C(C)C(=O)OCCSCC(C)C12OC(=O)CC1CC(=O)O2. The molecule has 2 aliphatic rings. The summed E-state index contributed by atoms with van der Waals surface area (Å²) in [5, 5.41) is 0. The predicted octanol–water partition coefficient (Wildman–Crippen LogP) is 1.68. The fraction of sp³-hybridized carbons (Fsp3) is 0.667. The van der Waals surface area contributed by atoms with Crippen molar-refractivity contribution < 1.29 is 28.6 Å². The van der Waals surface area contributed by atoms with Gasteiger partial charge in [-0.1, -0.05) is 13.5 Å². The number of hydrogen-bond acceptors (Lipinski definition) is 7. The van der Waals surface area contributed by atoms with Gasteiger partial charge in [0.1, 0.15) is 6.61 Å². The maximum atomic E-state index is 11.5. The van der Waals surface area contributed by atoms with Crippen LogP contribution in [0.25, 0.3) is 0 Å². The molecule has 6 nitrogen and oxygen atoms in total. The minimum atomic E-state index is -1.10. The maximum Gasteiger partial charge on any atom is 0.333 e. The number of esters is 3. The Hall–Kier alpha value is -1.50. The summed E-state index contributed by atoms with van der Waals surface area (Å²) < 4.78 is 15.7. The van der Waals surface area contributed by atoms with E-state index in [0.29, 0.717) is 23.7 Å². The van der Waals surface area contributed by atoms with Gasteiger partial charge in [0, 0.05) is 23.0 Å². The van der Waals surface area contributed by atoms with Crippen molar-refractivity contribution >= 4 is 29.7 Å². The normalized spacial score (nSPS) is 27.8. The summed E-state index contributed by atoms with van der Waals surface area (Å²) in [4.78, 5) is 34.2. The summed E-state index contributed by atoms with van der Waals surface area (Å²) in [6.45, 7) is 7.29. The van der Waals surface area contributed by atoms with Gasteiger partial charge in [-0.15, -0.1) is 0 Å². The van der Waals surface area contributed by atoms with Crippen LogP contribution in [0.2, 0.25) is 0 Å². The van der Waals surface area contributed by atoms with Crippen molar-refractivity contribution in [1.82, 2.24) is 0 Å². The first kappa shape index (κ1) is 16.9. The highest BCUT2D eigenvalue weighted by atomic mass is 32.2. The van der Waals surface area contributed by atoms with Crippen molar-refractivity contribution in [1.29, 1.82) is 0 Å². The van der Waals surface area contributed by atoms with E-state index in [9.17, 15) is 14.4 Å². The third kappa shape index (κ3) is 3.45. The summed E-state index contributed by atoms with van der Waals surface area (Å²) in [5.41, 5.74) is 0.371. The molecule has 7 heteroatoms. The summed E-state index contributed by atoms with van der Waals surface area (Å²) in [5.74, 6) is -1.18. The predicted molar refractivity (Wildman–Crippen MR) is 79.9 cm³/mol. The molecule has 0 N–H and O–H groups in total. The second kappa shape index (κ2) is 6.73. The Balaban J connectivity index is 1.78. The third-order valence-corrected chi connectivity index (χ3v) is 5.00. The zero-order valence-corrected chi connectivity index (χ0v) is 13.6. The Labute approximate surface area is 133 Å². The maximum absolute atomic E-state index is 11.5. The molecule has 22 heavy (non-hydrogen) atoms. The molecule has 0 bridgehead atoms. The van der Waals surface area contributed by atoms with E-state index in [2.05, 4.69) is 6.58 Å². The minimum absolute atomic E-state index is 0.114. The van der Waals surface area contributed by atoms with Crippen LogP contribution in [0.5, 0.6) is 0 Å². The number of ether oxygens (including phenoxy) is 3. The molecule has 0 aliphatic carbocycles. The van der Waals surface area contributed by atoms with Crippen molar-refractivity contribution in [2.24, 2.45) is 11.8 Å². The van der Waals surface area contributed by atoms with E-state index in [4.69, 9.17) is 14.2 Å². The molecule has 0 amide bonds. The second-order valence-electron chi connectivity index (χ2n) is 5.67. The molecule has 2 aliphatic heterocycles. The van der Waals surface area contributed by atoms with Gasteiger partial charge < -0.3 is 14.2 Å². The van der Waals surface area contributed by atoms with Crippen LogP contribution in [0.3, 0.4) is 0 Å². The van der Waals surface area contributed by atoms with Crippen LogP contribution in [-0.2, 0) is 28.6 Å². The Morgan fingerprint density at radius 2 is 2.00 bits per heavy atom. The highest BCUT2D eigenvalue weighted by molar-refractivity contribution is 7.99. The average Bonchev–Trinajstić information content (AvgIpc) is 2.89. The molecule has 2 rings (SSSR count).